The van der Waals surface area contributed by atoms with E-state index in [0.29, 0.717) is 18.8 Å². The van der Waals surface area contributed by atoms with E-state index < -0.39 is 11.9 Å². The number of rotatable bonds is 6. The Morgan fingerprint density at radius 2 is 1.96 bits per heavy atom. The first-order valence-corrected chi connectivity index (χ1v) is 8.14. The van der Waals surface area contributed by atoms with Crippen molar-refractivity contribution in [3.63, 3.8) is 0 Å². The van der Waals surface area contributed by atoms with Crippen molar-refractivity contribution in [3.05, 3.63) is 35.1 Å². The van der Waals surface area contributed by atoms with Crippen LogP contribution in [0.4, 0.5) is 4.39 Å². The molecule has 6 nitrogen and oxygen atoms in total. The predicted octanol–water partition coefficient (Wildman–Crippen LogP) is 0.734. The lowest BCUT2D eigenvalue weighted by molar-refractivity contribution is -0.124. The van der Waals surface area contributed by atoms with Crippen molar-refractivity contribution in [2.24, 2.45) is 11.7 Å². The van der Waals surface area contributed by atoms with E-state index in [2.05, 4.69) is 10.6 Å². The molecule has 0 aliphatic carbocycles. The average Bonchev–Trinajstić information content (AvgIpc) is 2.60. The fourth-order valence-corrected chi connectivity index (χ4v) is 2.60. The number of carbonyl (C=O) groups excluding carboxylic acids is 2. The highest BCUT2D eigenvalue weighted by molar-refractivity contribution is 5.94. The number of carbonyl (C=O) groups is 2. The average molecular weight is 337 g/mol. The van der Waals surface area contributed by atoms with Crippen molar-refractivity contribution in [2.75, 3.05) is 26.3 Å². The lowest BCUT2D eigenvalue weighted by Crippen LogP contribution is -2.48. The van der Waals surface area contributed by atoms with Crippen LogP contribution in [0.25, 0.3) is 0 Å². The highest BCUT2D eigenvalue weighted by Gasteiger charge is 2.26. The van der Waals surface area contributed by atoms with Gasteiger partial charge in [-0.1, -0.05) is 6.07 Å². The zero-order valence-corrected chi connectivity index (χ0v) is 13.8. The minimum Gasteiger partial charge on any atom is -0.381 e. The lowest BCUT2D eigenvalue weighted by atomic mass is 9.92. The van der Waals surface area contributed by atoms with Gasteiger partial charge in [0.15, 0.2) is 0 Å². The quantitative estimate of drug-likeness (QED) is 0.667. The number of halogens is 1. The number of ether oxygens (including phenoxy) is 1. The molecule has 1 saturated heterocycles. The van der Waals surface area contributed by atoms with E-state index in [1.807, 2.05) is 0 Å². The van der Waals surface area contributed by atoms with Crippen LogP contribution in [0.5, 0.6) is 0 Å². The van der Waals surface area contributed by atoms with Crippen molar-refractivity contribution in [2.45, 2.75) is 25.8 Å². The molecule has 0 saturated carbocycles. The fraction of sp³-hybridized carbons (Fsp3) is 0.529. The summed E-state index contributed by atoms with van der Waals surface area (Å²) in [5.74, 6) is -0.892. The number of benzene rings is 1. The van der Waals surface area contributed by atoms with E-state index in [1.54, 1.807) is 19.1 Å². The number of hydrogen-bond acceptors (Lipinski definition) is 4. The van der Waals surface area contributed by atoms with Gasteiger partial charge in [-0.25, -0.2) is 4.39 Å². The molecule has 2 amide bonds. The summed E-state index contributed by atoms with van der Waals surface area (Å²) in [6.45, 7) is 3.42. The van der Waals surface area contributed by atoms with Crippen LogP contribution in [0.3, 0.4) is 0 Å². The van der Waals surface area contributed by atoms with E-state index in [-0.39, 0.29) is 36.4 Å². The van der Waals surface area contributed by atoms with Gasteiger partial charge in [-0.3, -0.25) is 9.59 Å². The third-order valence-corrected chi connectivity index (χ3v) is 4.22. The minimum absolute atomic E-state index is 0.129. The Hall–Kier alpha value is -1.99. The van der Waals surface area contributed by atoms with Crippen LogP contribution in [0.15, 0.2) is 18.2 Å². The highest BCUT2D eigenvalue weighted by Crippen LogP contribution is 2.17. The first-order valence-electron chi connectivity index (χ1n) is 8.14. The van der Waals surface area contributed by atoms with Gasteiger partial charge in [0.1, 0.15) is 5.82 Å². The zero-order chi connectivity index (χ0) is 17.5. The summed E-state index contributed by atoms with van der Waals surface area (Å²) in [6, 6.07) is 3.76. The Balaban J connectivity index is 1.70. The summed E-state index contributed by atoms with van der Waals surface area (Å²) in [5.41, 5.74) is 6.70. The minimum atomic E-state index is -0.559. The van der Waals surface area contributed by atoms with Gasteiger partial charge in [0.25, 0.3) is 5.91 Å². The maximum Gasteiger partial charge on any atom is 0.251 e. The Labute approximate surface area is 140 Å². The van der Waals surface area contributed by atoms with Crippen LogP contribution in [-0.2, 0) is 9.53 Å². The monoisotopic (exact) mass is 337 g/mol. The summed E-state index contributed by atoms with van der Waals surface area (Å²) in [5, 5.41) is 5.35. The van der Waals surface area contributed by atoms with Crippen molar-refractivity contribution in [1.82, 2.24) is 10.6 Å². The summed E-state index contributed by atoms with van der Waals surface area (Å²) in [7, 11) is 0. The zero-order valence-electron chi connectivity index (χ0n) is 13.8. The smallest absolute Gasteiger partial charge is 0.251 e. The van der Waals surface area contributed by atoms with Crippen LogP contribution in [-0.4, -0.2) is 44.2 Å². The molecule has 1 aromatic rings. The predicted molar refractivity (Wildman–Crippen MR) is 88.0 cm³/mol. The van der Waals surface area contributed by atoms with Gasteiger partial charge in [-0.15, -0.1) is 0 Å². The van der Waals surface area contributed by atoms with E-state index >= 15 is 0 Å². The number of amides is 2. The molecule has 0 spiro atoms. The Morgan fingerprint density at radius 3 is 2.62 bits per heavy atom. The third-order valence-electron chi connectivity index (χ3n) is 4.22. The SMILES string of the molecule is Cc1ccc(C(=O)NCCNC(=O)C(N)C2CCOCC2)cc1F. The molecular weight excluding hydrogens is 313 g/mol. The maximum atomic E-state index is 13.4. The van der Waals surface area contributed by atoms with Crippen LogP contribution in [0, 0.1) is 18.7 Å². The van der Waals surface area contributed by atoms with Crippen molar-refractivity contribution in [1.29, 1.82) is 0 Å². The molecule has 4 N–H and O–H groups in total. The van der Waals surface area contributed by atoms with Crippen LogP contribution in [0.1, 0.15) is 28.8 Å². The van der Waals surface area contributed by atoms with Gasteiger partial charge in [-0.05, 0) is 43.4 Å². The Bertz CT molecular complexity index is 588. The van der Waals surface area contributed by atoms with Gasteiger partial charge >= 0.3 is 0 Å². The van der Waals surface area contributed by atoms with Crippen molar-refractivity contribution >= 4 is 11.8 Å². The molecular formula is C17H24FN3O3. The molecule has 2 rings (SSSR count). The number of hydrogen-bond donors (Lipinski definition) is 3. The molecule has 0 bridgehead atoms. The van der Waals surface area contributed by atoms with E-state index in [1.165, 1.54) is 6.07 Å². The van der Waals surface area contributed by atoms with E-state index in [0.717, 1.165) is 12.8 Å². The highest BCUT2D eigenvalue weighted by atomic mass is 19.1. The Morgan fingerprint density at radius 1 is 1.29 bits per heavy atom. The van der Waals surface area contributed by atoms with Gasteiger partial charge in [0.2, 0.25) is 5.91 Å². The molecule has 0 aromatic heterocycles. The third kappa shape index (κ3) is 5.01. The van der Waals surface area contributed by atoms with Crippen LogP contribution >= 0.6 is 0 Å². The molecule has 132 valence electrons. The van der Waals surface area contributed by atoms with Crippen molar-refractivity contribution in [3.8, 4) is 0 Å². The molecule has 1 unspecified atom stereocenters. The Kier molecular flexibility index (Phi) is 6.69. The molecule has 7 heteroatoms. The first-order chi connectivity index (χ1) is 11.5. The van der Waals surface area contributed by atoms with Crippen molar-refractivity contribution < 1.29 is 18.7 Å². The molecule has 1 atom stereocenters. The topological polar surface area (TPSA) is 93.5 Å². The molecule has 1 heterocycles. The standard InChI is InChI=1S/C17H24FN3O3/c1-11-2-3-13(10-14(11)18)16(22)20-6-7-21-17(23)15(19)12-4-8-24-9-5-12/h2-3,10,12,15H,4-9,19H2,1H3,(H,20,22)(H,21,23). The van der Waals surface area contributed by atoms with Crippen LogP contribution in [0.2, 0.25) is 0 Å². The summed E-state index contributed by atoms with van der Waals surface area (Å²) >= 11 is 0. The second-order valence-electron chi connectivity index (χ2n) is 5.99. The summed E-state index contributed by atoms with van der Waals surface area (Å²) in [6.07, 6.45) is 1.56. The molecule has 24 heavy (non-hydrogen) atoms. The molecule has 1 fully saturated rings. The second kappa shape index (κ2) is 8.75. The number of nitrogens with two attached hydrogens (primary N) is 1. The first kappa shape index (κ1) is 18.4. The van der Waals surface area contributed by atoms with E-state index in [4.69, 9.17) is 10.5 Å². The summed E-state index contributed by atoms with van der Waals surface area (Å²) < 4.78 is 18.7. The molecule has 1 aliphatic heterocycles. The van der Waals surface area contributed by atoms with Gasteiger partial charge in [0, 0.05) is 31.9 Å². The molecule has 0 radical (unpaired) electrons. The molecule has 1 aliphatic rings. The fourth-order valence-electron chi connectivity index (χ4n) is 2.60. The van der Waals surface area contributed by atoms with Gasteiger partial charge in [-0.2, -0.15) is 0 Å². The van der Waals surface area contributed by atoms with Crippen LogP contribution < -0.4 is 16.4 Å². The lowest BCUT2D eigenvalue weighted by Gasteiger charge is -2.26. The van der Waals surface area contributed by atoms with E-state index in [9.17, 15) is 14.0 Å². The maximum absolute atomic E-state index is 13.4. The second-order valence-corrected chi connectivity index (χ2v) is 5.99. The summed E-state index contributed by atoms with van der Waals surface area (Å²) in [4.78, 5) is 23.9. The van der Waals surface area contributed by atoms with Gasteiger partial charge < -0.3 is 21.1 Å². The normalized spacial score (nSPS) is 16.5. The largest absolute Gasteiger partial charge is 0.381 e. The number of aryl methyl sites for hydroxylation is 1. The number of nitrogens with one attached hydrogen (secondary N) is 2. The van der Waals surface area contributed by atoms with Gasteiger partial charge in [0.05, 0.1) is 6.04 Å². The molecule has 1 aromatic carbocycles.